The summed E-state index contributed by atoms with van der Waals surface area (Å²) in [6.07, 6.45) is 2.06. The summed E-state index contributed by atoms with van der Waals surface area (Å²) in [7, 11) is 0. The van der Waals surface area contributed by atoms with Gasteiger partial charge in [0.2, 0.25) is 0 Å². The quantitative estimate of drug-likeness (QED) is 0.525. The number of carbonyl (C=O) groups is 1. The summed E-state index contributed by atoms with van der Waals surface area (Å²) in [6.45, 7) is -0.316. The zero-order valence-corrected chi connectivity index (χ0v) is 15.9. The molecule has 2 N–H and O–H groups in total. The minimum atomic E-state index is -1.04. The van der Waals surface area contributed by atoms with Crippen molar-refractivity contribution in [2.24, 2.45) is 0 Å². The van der Waals surface area contributed by atoms with E-state index >= 15 is 0 Å². The molecular formula is C22H21FN2OS. The smallest absolute Gasteiger partial charge is 0.255 e. The molecule has 0 aliphatic rings. The van der Waals surface area contributed by atoms with Crippen LogP contribution in [0.2, 0.25) is 0 Å². The van der Waals surface area contributed by atoms with Crippen LogP contribution in [0.5, 0.6) is 0 Å². The summed E-state index contributed by atoms with van der Waals surface area (Å²) >= 11 is 1.72. The molecule has 27 heavy (non-hydrogen) atoms. The van der Waals surface area contributed by atoms with E-state index in [4.69, 9.17) is 0 Å². The molecular weight excluding hydrogens is 359 g/mol. The molecule has 0 aliphatic carbocycles. The Hall–Kier alpha value is -2.79. The lowest BCUT2D eigenvalue weighted by Gasteiger charge is -2.12. The third-order valence-electron chi connectivity index (χ3n) is 4.15. The Morgan fingerprint density at radius 2 is 1.78 bits per heavy atom. The van der Waals surface area contributed by atoms with Crippen molar-refractivity contribution < 1.29 is 9.18 Å². The van der Waals surface area contributed by atoms with Crippen molar-refractivity contribution in [2.75, 3.05) is 23.6 Å². The van der Waals surface area contributed by atoms with E-state index in [0.717, 1.165) is 23.4 Å². The standard InChI is InChI=1S/C22H21FN2OS/c1-27-19-11-9-16(10-12-19)15-24-18-6-4-5-17(13-18)20-7-2-3-8-21(20)25-22(26)14-23/h2-13,24H,14-15H2,1H3,(H,25,26). The molecule has 0 aliphatic heterocycles. The zero-order valence-electron chi connectivity index (χ0n) is 15.0. The first-order chi connectivity index (χ1) is 13.2. The van der Waals surface area contributed by atoms with E-state index in [1.807, 2.05) is 42.5 Å². The van der Waals surface area contributed by atoms with Crippen LogP contribution in [0.3, 0.4) is 0 Å². The molecule has 0 saturated carbocycles. The number of para-hydroxylation sites is 1. The summed E-state index contributed by atoms with van der Waals surface area (Å²) in [6, 6.07) is 23.8. The highest BCUT2D eigenvalue weighted by Crippen LogP contribution is 2.29. The number of rotatable bonds is 7. The molecule has 138 valence electrons. The van der Waals surface area contributed by atoms with Crippen molar-refractivity contribution in [3.05, 3.63) is 78.4 Å². The van der Waals surface area contributed by atoms with Crippen LogP contribution in [0.15, 0.2) is 77.7 Å². The first-order valence-electron chi connectivity index (χ1n) is 8.61. The Morgan fingerprint density at radius 3 is 2.52 bits per heavy atom. The van der Waals surface area contributed by atoms with Crippen LogP contribution >= 0.6 is 11.8 Å². The van der Waals surface area contributed by atoms with Gasteiger partial charge in [-0.25, -0.2) is 4.39 Å². The number of nitrogens with one attached hydrogen (secondary N) is 2. The predicted molar refractivity (Wildman–Crippen MR) is 112 cm³/mol. The van der Waals surface area contributed by atoms with Gasteiger partial charge in [0.1, 0.15) is 0 Å². The fourth-order valence-corrected chi connectivity index (χ4v) is 3.18. The monoisotopic (exact) mass is 380 g/mol. The average molecular weight is 380 g/mol. The van der Waals surface area contributed by atoms with E-state index in [-0.39, 0.29) is 0 Å². The zero-order chi connectivity index (χ0) is 19.1. The van der Waals surface area contributed by atoms with E-state index in [2.05, 4.69) is 41.2 Å². The minimum Gasteiger partial charge on any atom is -0.381 e. The number of anilines is 2. The molecule has 0 bridgehead atoms. The lowest BCUT2D eigenvalue weighted by molar-refractivity contribution is -0.117. The fourth-order valence-electron chi connectivity index (χ4n) is 2.77. The van der Waals surface area contributed by atoms with Gasteiger partial charge >= 0.3 is 0 Å². The van der Waals surface area contributed by atoms with Crippen molar-refractivity contribution in [1.29, 1.82) is 0 Å². The van der Waals surface area contributed by atoms with Crippen molar-refractivity contribution in [3.63, 3.8) is 0 Å². The third kappa shape index (κ3) is 5.11. The van der Waals surface area contributed by atoms with Gasteiger partial charge in [-0.2, -0.15) is 0 Å². The van der Waals surface area contributed by atoms with Gasteiger partial charge in [0.25, 0.3) is 5.91 Å². The molecule has 1 amide bonds. The number of hydrogen-bond donors (Lipinski definition) is 2. The van der Waals surface area contributed by atoms with Crippen LogP contribution in [-0.4, -0.2) is 18.8 Å². The fraction of sp³-hybridized carbons (Fsp3) is 0.136. The average Bonchev–Trinajstić information content (AvgIpc) is 2.73. The molecule has 5 heteroatoms. The van der Waals surface area contributed by atoms with Crippen LogP contribution in [0, 0.1) is 0 Å². The summed E-state index contributed by atoms with van der Waals surface area (Å²) in [4.78, 5) is 12.7. The molecule has 0 saturated heterocycles. The lowest BCUT2D eigenvalue weighted by Crippen LogP contribution is -2.13. The molecule has 0 unspecified atom stereocenters. The summed E-state index contributed by atoms with van der Waals surface area (Å²) in [5, 5.41) is 6.04. The molecule has 0 heterocycles. The Labute approximate surface area is 163 Å². The van der Waals surface area contributed by atoms with E-state index < -0.39 is 12.6 Å². The molecule has 3 nitrogen and oxygen atoms in total. The van der Waals surface area contributed by atoms with Crippen molar-refractivity contribution in [2.45, 2.75) is 11.4 Å². The van der Waals surface area contributed by atoms with Crippen molar-refractivity contribution >= 4 is 29.0 Å². The molecule has 3 aromatic rings. The third-order valence-corrected chi connectivity index (χ3v) is 4.90. The van der Waals surface area contributed by atoms with Gasteiger partial charge in [-0.3, -0.25) is 4.79 Å². The first kappa shape index (κ1) is 19.0. The molecule has 0 radical (unpaired) electrons. The van der Waals surface area contributed by atoms with Crippen LogP contribution < -0.4 is 10.6 Å². The topological polar surface area (TPSA) is 41.1 Å². The molecule has 0 atom stereocenters. The van der Waals surface area contributed by atoms with Crippen LogP contribution in [0.1, 0.15) is 5.56 Å². The Bertz CT molecular complexity index is 912. The lowest BCUT2D eigenvalue weighted by atomic mass is 10.0. The van der Waals surface area contributed by atoms with Crippen LogP contribution in [0.25, 0.3) is 11.1 Å². The number of carbonyl (C=O) groups excluding carboxylic acids is 1. The highest BCUT2D eigenvalue weighted by atomic mass is 32.2. The Balaban J connectivity index is 1.76. The van der Waals surface area contributed by atoms with E-state index in [1.54, 1.807) is 17.8 Å². The van der Waals surface area contributed by atoms with Gasteiger partial charge < -0.3 is 10.6 Å². The van der Waals surface area contributed by atoms with E-state index in [0.29, 0.717) is 5.69 Å². The normalized spacial score (nSPS) is 10.4. The largest absolute Gasteiger partial charge is 0.381 e. The molecule has 0 spiro atoms. The number of benzene rings is 3. The second kappa shape index (κ2) is 9.24. The van der Waals surface area contributed by atoms with Crippen LogP contribution in [-0.2, 0) is 11.3 Å². The number of thioether (sulfide) groups is 1. The van der Waals surface area contributed by atoms with Gasteiger partial charge in [0.15, 0.2) is 6.67 Å². The first-order valence-corrected chi connectivity index (χ1v) is 9.84. The second-order valence-corrected chi connectivity index (χ2v) is 6.89. The summed E-state index contributed by atoms with van der Waals surface area (Å²) in [5.41, 5.74) is 4.59. The van der Waals surface area contributed by atoms with Gasteiger partial charge in [-0.15, -0.1) is 11.8 Å². The van der Waals surface area contributed by atoms with E-state index in [1.165, 1.54) is 10.5 Å². The molecule has 0 aromatic heterocycles. The van der Waals surface area contributed by atoms with Gasteiger partial charge in [0.05, 0.1) is 0 Å². The summed E-state index contributed by atoms with van der Waals surface area (Å²) < 4.78 is 12.6. The number of amides is 1. The van der Waals surface area contributed by atoms with Gasteiger partial charge in [-0.1, -0.05) is 42.5 Å². The molecule has 3 rings (SSSR count). The maximum atomic E-state index is 12.6. The maximum absolute atomic E-state index is 12.6. The molecule has 0 fully saturated rings. The van der Waals surface area contributed by atoms with Gasteiger partial charge in [-0.05, 0) is 47.7 Å². The van der Waals surface area contributed by atoms with E-state index in [9.17, 15) is 9.18 Å². The minimum absolute atomic E-state index is 0.602. The number of hydrogen-bond acceptors (Lipinski definition) is 3. The predicted octanol–water partition coefficient (Wildman–Crippen LogP) is 5.60. The second-order valence-electron chi connectivity index (χ2n) is 6.01. The van der Waals surface area contributed by atoms with Crippen LogP contribution in [0.4, 0.5) is 15.8 Å². The Morgan fingerprint density at radius 1 is 1.00 bits per heavy atom. The van der Waals surface area contributed by atoms with Crippen molar-refractivity contribution in [1.82, 2.24) is 0 Å². The SMILES string of the molecule is CSc1ccc(CNc2cccc(-c3ccccc3NC(=O)CF)c2)cc1. The molecule has 3 aromatic carbocycles. The van der Waals surface area contributed by atoms with Crippen molar-refractivity contribution in [3.8, 4) is 11.1 Å². The highest BCUT2D eigenvalue weighted by Gasteiger charge is 2.08. The number of halogens is 1. The number of alkyl halides is 1. The maximum Gasteiger partial charge on any atom is 0.255 e. The highest BCUT2D eigenvalue weighted by molar-refractivity contribution is 7.98. The Kier molecular flexibility index (Phi) is 6.49. The van der Waals surface area contributed by atoms with Gasteiger partial charge in [0, 0.05) is 28.4 Å². The summed E-state index contributed by atoms with van der Waals surface area (Å²) in [5.74, 6) is -0.648.